The molecule has 0 atom stereocenters. The number of H-pyrrole nitrogens is 1. The zero-order chi connectivity index (χ0) is 19.7. The quantitative estimate of drug-likeness (QED) is 0.653. The van der Waals surface area contributed by atoms with Gasteiger partial charge in [-0.2, -0.15) is 0 Å². The second kappa shape index (κ2) is 7.31. The van der Waals surface area contributed by atoms with Crippen LogP contribution in [0.25, 0.3) is 10.9 Å². The fraction of sp³-hybridized carbons (Fsp3) is 0.227. The highest BCUT2D eigenvalue weighted by atomic mass is 16.2. The van der Waals surface area contributed by atoms with Crippen LogP contribution in [0.5, 0.6) is 0 Å². The molecule has 0 unspecified atom stereocenters. The Labute approximate surface area is 162 Å². The molecule has 142 valence electrons. The highest BCUT2D eigenvalue weighted by Gasteiger charge is 2.16. The molecule has 0 saturated heterocycles. The predicted molar refractivity (Wildman–Crippen MR) is 110 cm³/mol. The number of rotatable bonds is 3. The van der Waals surface area contributed by atoms with Gasteiger partial charge in [-0.25, -0.2) is 0 Å². The van der Waals surface area contributed by atoms with Gasteiger partial charge in [0.2, 0.25) is 5.91 Å². The molecular weight excluding hydrogens is 354 g/mol. The number of aryl methyl sites for hydroxylation is 1. The van der Waals surface area contributed by atoms with E-state index in [0.717, 1.165) is 47.7 Å². The maximum Gasteiger partial charge on any atom is 0.255 e. The number of pyridine rings is 1. The van der Waals surface area contributed by atoms with Crippen molar-refractivity contribution in [2.24, 2.45) is 0 Å². The van der Waals surface area contributed by atoms with Gasteiger partial charge in [-0.05, 0) is 67.6 Å². The van der Waals surface area contributed by atoms with Crippen molar-refractivity contribution in [3.8, 4) is 0 Å². The Balaban J connectivity index is 1.58. The van der Waals surface area contributed by atoms with Crippen LogP contribution in [0.15, 0.2) is 47.3 Å². The van der Waals surface area contributed by atoms with Crippen LogP contribution in [0.3, 0.4) is 0 Å². The summed E-state index contributed by atoms with van der Waals surface area (Å²) in [5, 5.41) is 6.58. The third kappa shape index (κ3) is 3.53. The van der Waals surface area contributed by atoms with Crippen LogP contribution in [0.1, 0.15) is 41.3 Å². The molecule has 1 heterocycles. The van der Waals surface area contributed by atoms with E-state index in [4.69, 9.17) is 0 Å². The van der Waals surface area contributed by atoms with E-state index in [1.807, 2.05) is 12.1 Å². The lowest BCUT2D eigenvalue weighted by Crippen LogP contribution is -2.19. The second-order valence-electron chi connectivity index (χ2n) is 7.09. The fourth-order valence-corrected chi connectivity index (χ4v) is 3.75. The number of fused-ring (bicyclic) bond motifs is 3. The largest absolute Gasteiger partial charge is 0.326 e. The minimum atomic E-state index is -0.256. The van der Waals surface area contributed by atoms with Gasteiger partial charge in [0.1, 0.15) is 0 Å². The van der Waals surface area contributed by atoms with Gasteiger partial charge >= 0.3 is 0 Å². The van der Waals surface area contributed by atoms with Crippen molar-refractivity contribution < 1.29 is 9.59 Å². The molecule has 1 aliphatic rings. The molecule has 0 aliphatic heterocycles. The third-order valence-electron chi connectivity index (χ3n) is 5.06. The van der Waals surface area contributed by atoms with Gasteiger partial charge < -0.3 is 15.6 Å². The van der Waals surface area contributed by atoms with Gasteiger partial charge in [-0.3, -0.25) is 14.4 Å². The average Bonchev–Trinajstić information content (AvgIpc) is 2.68. The van der Waals surface area contributed by atoms with Crippen LogP contribution in [0.4, 0.5) is 11.4 Å². The lowest BCUT2D eigenvalue weighted by molar-refractivity contribution is -0.114. The number of hydrogen-bond acceptors (Lipinski definition) is 3. The molecule has 2 amide bonds. The number of hydrogen-bond donors (Lipinski definition) is 3. The monoisotopic (exact) mass is 375 g/mol. The maximum atomic E-state index is 12.5. The summed E-state index contributed by atoms with van der Waals surface area (Å²) in [7, 11) is 0. The summed E-state index contributed by atoms with van der Waals surface area (Å²) < 4.78 is 0. The molecule has 1 aromatic heterocycles. The minimum absolute atomic E-state index is 0.0285. The summed E-state index contributed by atoms with van der Waals surface area (Å²) >= 11 is 0. The molecule has 0 radical (unpaired) electrons. The summed E-state index contributed by atoms with van der Waals surface area (Å²) in [6, 6.07) is 12.3. The van der Waals surface area contributed by atoms with Gasteiger partial charge in [0.15, 0.2) is 0 Å². The van der Waals surface area contributed by atoms with E-state index in [9.17, 15) is 14.4 Å². The molecule has 0 bridgehead atoms. The Morgan fingerprint density at radius 2 is 1.57 bits per heavy atom. The van der Waals surface area contributed by atoms with Crippen molar-refractivity contribution in [1.29, 1.82) is 0 Å². The minimum Gasteiger partial charge on any atom is -0.326 e. The van der Waals surface area contributed by atoms with Crippen molar-refractivity contribution in [3.63, 3.8) is 0 Å². The number of amides is 2. The van der Waals surface area contributed by atoms with Gasteiger partial charge in [-0.1, -0.05) is 6.07 Å². The van der Waals surface area contributed by atoms with Crippen LogP contribution in [-0.2, 0) is 17.6 Å². The van der Waals surface area contributed by atoms with Gasteiger partial charge in [0.25, 0.3) is 11.5 Å². The molecule has 0 saturated carbocycles. The van der Waals surface area contributed by atoms with E-state index in [0.29, 0.717) is 16.9 Å². The number of benzene rings is 2. The van der Waals surface area contributed by atoms with Crippen molar-refractivity contribution >= 4 is 34.1 Å². The lowest BCUT2D eigenvalue weighted by atomic mass is 9.90. The SMILES string of the molecule is CC(=O)Nc1ccc(C(=O)Nc2ccc3c4c(c(=O)[nH]c3c2)CCCC4)cc1. The van der Waals surface area contributed by atoms with Crippen molar-refractivity contribution in [3.05, 3.63) is 69.5 Å². The molecule has 3 aromatic rings. The number of carbonyl (C=O) groups is 2. The van der Waals surface area contributed by atoms with Gasteiger partial charge in [-0.15, -0.1) is 0 Å². The Bertz CT molecular complexity index is 1130. The van der Waals surface area contributed by atoms with E-state index in [1.165, 1.54) is 6.92 Å². The lowest BCUT2D eigenvalue weighted by Gasteiger charge is -2.17. The first-order valence-corrected chi connectivity index (χ1v) is 9.38. The molecule has 2 aromatic carbocycles. The molecule has 0 spiro atoms. The Morgan fingerprint density at radius 1 is 0.893 bits per heavy atom. The molecular formula is C22H21N3O3. The molecule has 4 rings (SSSR count). The van der Waals surface area contributed by atoms with Gasteiger partial charge in [0.05, 0.1) is 5.52 Å². The normalized spacial score (nSPS) is 13.0. The van der Waals surface area contributed by atoms with Crippen molar-refractivity contribution in [2.75, 3.05) is 10.6 Å². The Kier molecular flexibility index (Phi) is 4.69. The summed E-state index contributed by atoms with van der Waals surface area (Å²) in [6.07, 6.45) is 3.89. The topological polar surface area (TPSA) is 91.1 Å². The Hall–Kier alpha value is -3.41. The van der Waals surface area contributed by atoms with Crippen molar-refractivity contribution in [2.45, 2.75) is 32.6 Å². The highest BCUT2D eigenvalue weighted by Crippen LogP contribution is 2.27. The number of aromatic amines is 1. The zero-order valence-corrected chi connectivity index (χ0v) is 15.6. The first-order chi connectivity index (χ1) is 13.5. The standard InChI is InChI=1S/C22H21N3O3/c1-13(26)23-15-8-6-14(7-9-15)21(27)24-16-10-11-18-17-4-2-3-5-19(17)22(28)25-20(18)12-16/h6-12H,2-5H2,1H3,(H,23,26)(H,24,27)(H,25,28). The first-order valence-electron chi connectivity index (χ1n) is 9.38. The molecule has 28 heavy (non-hydrogen) atoms. The summed E-state index contributed by atoms with van der Waals surface area (Å²) in [5.74, 6) is -0.418. The third-order valence-corrected chi connectivity index (χ3v) is 5.06. The second-order valence-corrected chi connectivity index (χ2v) is 7.09. The molecule has 6 nitrogen and oxygen atoms in total. The van der Waals surface area contributed by atoms with Crippen LogP contribution >= 0.6 is 0 Å². The summed E-state index contributed by atoms with van der Waals surface area (Å²) in [4.78, 5) is 38.9. The average molecular weight is 375 g/mol. The summed E-state index contributed by atoms with van der Waals surface area (Å²) in [6.45, 7) is 1.43. The fourth-order valence-electron chi connectivity index (χ4n) is 3.75. The summed E-state index contributed by atoms with van der Waals surface area (Å²) in [5.41, 5.74) is 4.48. The van der Waals surface area contributed by atoms with E-state index >= 15 is 0 Å². The van der Waals surface area contributed by atoms with E-state index in [1.54, 1.807) is 30.3 Å². The molecule has 0 fully saturated rings. The van der Waals surface area contributed by atoms with Crippen LogP contribution in [-0.4, -0.2) is 16.8 Å². The van der Waals surface area contributed by atoms with Crippen molar-refractivity contribution in [1.82, 2.24) is 4.98 Å². The van der Waals surface area contributed by atoms with Gasteiger partial charge in [0, 0.05) is 34.8 Å². The number of aromatic nitrogens is 1. The highest BCUT2D eigenvalue weighted by molar-refractivity contribution is 6.05. The molecule has 1 aliphatic carbocycles. The Morgan fingerprint density at radius 3 is 2.29 bits per heavy atom. The molecule has 3 N–H and O–H groups in total. The predicted octanol–water partition coefficient (Wildman–Crippen LogP) is 3.62. The number of anilines is 2. The van der Waals surface area contributed by atoms with E-state index < -0.39 is 0 Å². The van der Waals surface area contributed by atoms with Crippen LogP contribution in [0, 0.1) is 0 Å². The maximum absolute atomic E-state index is 12.5. The van der Waals surface area contributed by atoms with E-state index in [2.05, 4.69) is 15.6 Å². The number of nitrogens with one attached hydrogen (secondary N) is 3. The van der Waals surface area contributed by atoms with Crippen LogP contribution < -0.4 is 16.2 Å². The zero-order valence-electron chi connectivity index (χ0n) is 15.6. The van der Waals surface area contributed by atoms with E-state index in [-0.39, 0.29) is 17.4 Å². The smallest absolute Gasteiger partial charge is 0.255 e. The first kappa shape index (κ1) is 18.0. The molecule has 6 heteroatoms. The number of carbonyl (C=O) groups excluding carboxylic acids is 2. The van der Waals surface area contributed by atoms with Crippen LogP contribution in [0.2, 0.25) is 0 Å².